The number of sulfonamides is 1. The normalized spacial score (nSPS) is 20.8. The molecule has 1 aromatic heterocycles. The summed E-state index contributed by atoms with van der Waals surface area (Å²) in [6, 6.07) is 2.84. The molecule has 2 aliphatic carbocycles. The Morgan fingerprint density at radius 1 is 1.10 bits per heavy atom. The van der Waals surface area contributed by atoms with Crippen molar-refractivity contribution in [2.75, 3.05) is 6.54 Å². The molecular formula is C15H22N2O3S. The lowest BCUT2D eigenvalue weighted by atomic mass is 9.89. The number of aromatic amines is 1. The molecule has 1 N–H and O–H groups in total. The minimum atomic E-state index is -3.49. The SMILES string of the molecule is O=c1ccc(S(=O)(=O)N(CC2CCCCC2)C2CC2)c[nH]1. The van der Waals surface area contributed by atoms with Crippen molar-refractivity contribution in [2.24, 2.45) is 5.92 Å². The summed E-state index contributed by atoms with van der Waals surface area (Å²) in [4.78, 5) is 13.8. The van der Waals surface area contributed by atoms with Crippen molar-refractivity contribution in [2.45, 2.75) is 55.9 Å². The largest absolute Gasteiger partial charge is 0.328 e. The van der Waals surface area contributed by atoms with Crippen molar-refractivity contribution < 1.29 is 8.42 Å². The fourth-order valence-corrected chi connectivity index (χ4v) is 4.85. The number of rotatable bonds is 5. The van der Waals surface area contributed by atoms with Gasteiger partial charge in [-0.3, -0.25) is 4.79 Å². The van der Waals surface area contributed by atoms with Crippen LogP contribution in [-0.2, 0) is 10.0 Å². The summed E-state index contributed by atoms with van der Waals surface area (Å²) in [6.07, 6.45) is 9.17. The molecular weight excluding hydrogens is 288 g/mol. The third-order valence-electron chi connectivity index (χ3n) is 4.48. The van der Waals surface area contributed by atoms with Gasteiger partial charge in [0.25, 0.3) is 0 Å². The maximum Gasteiger partial charge on any atom is 0.247 e. The molecule has 0 spiro atoms. The Bertz CT molecular complexity index is 623. The molecule has 0 unspecified atom stereocenters. The highest BCUT2D eigenvalue weighted by Crippen LogP contribution is 2.35. The van der Waals surface area contributed by atoms with Gasteiger partial charge in [-0.25, -0.2) is 8.42 Å². The zero-order chi connectivity index (χ0) is 14.9. The van der Waals surface area contributed by atoms with Gasteiger partial charge in [0, 0.05) is 24.8 Å². The molecule has 0 bridgehead atoms. The van der Waals surface area contributed by atoms with E-state index in [1.807, 2.05) is 0 Å². The standard InChI is InChI=1S/C15H22N2O3S/c18-15-9-8-14(10-16-15)21(19,20)17(13-6-7-13)11-12-4-2-1-3-5-12/h8-10,12-13H,1-7,11H2,(H,16,18). The van der Waals surface area contributed by atoms with E-state index in [0.29, 0.717) is 12.5 Å². The van der Waals surface area contributed by atoms with E-state index in [-0.39, 0.29) is 16.5 Å². The Kier molecular flexibility index (Phi) is 4.17. The van der Waals surface area contributed by atoms with Gasteiger partial charge in [-0.05, 0) is 37.7 Å². The minimum Gasteiger partial charge on any atom is -0.328 e. The summed E-state index contributed by atoms with van der Waals surface area (Å²) in [6.45, 7) is 0.631. The predicted molar refractivity (Wildman–Crippen MR) is 80.6 cm³/mol. The van der Waals surface area contributed by atoms with Crippen LogP contribution in [0.5, 0.6) is 0 Å². The smallest absolute Gasteiger partial charge is 0.247 e. The van der Waals surface area contributed by atoms with Gasteiger partial charge in [0.2, 0.25) is 15.6 Å². The highest BCUT2D eigenvalue weighted by Gasteiger charge is 2.39. The lowest BCUT2D eigenvalue weighted by Gasteiger charge is -2.29. The molecule has 1 aromatic rings. The van der Waals surface area contributed by atoms with Crippen molar-refractivity contribution in [1.29, 1.82) is 0 Å². The van der Waals surface area contributed by atoms with E-state index < -0.39 is 10.0 Å². The topological polar surface area (TPSA) is 70.2 Å². The van der Waals surface area contributed by atoms with E-state index in [0.717, 1.165) is 25.7 Å². The predicted octanol–water partition coefficient (Wildman–Crippen LogP) is 2.11. The van der Waals surface area contributed by atoms with E-state index in [2.05, 4.69) is 4.98 Å². The molecule has 0 radical (unpaired) electrons. The molecule has 0 saturated heterocycles. The quantitative estimate of drug-likeness (QED) is 0.905. The summed E-state index contributed by atoms with van der Waals surface area (Å²) >= 11 is 0. The maximum atomic E-state index is 12.8. The molecule has 0 aromatic carbocycles. The van der Waals surface area contributed by atoms with Crippen LogP contribution in [0.2, 0.25) is 0 Å². The Balaban J connectivity index is 1.81. The van der Waals surface area contributed by atoms with Gasteiger partial charge < -0.3 is 4.98 Å². The molecule has 0 atom stereocenters. The van der Waals surface area contributed by atoms with Crippen molar-refractivity contribution in [3.8, 4) is 0 Å². The maximum absolute atomic E-state index is 12.8. The summed E-state index contributed by atoms with van der Waals surface area (Å²) in [5, 5.41) is 0. The van der Waals surface area contributed by atoms with Crippen molar-refractivity contribution in [1.82, 2.24) is 9.29 Å². The first-order valence-electron chi connectivity index (χ1n) is 7.78. The fraction of sp³-hybridized carbons (Fsp3) is 0.667. The Morgan fingerprint density at radius 2 is 1.81 bits per heavy atom. The van der Waals surface area contributed by atoms with Crippen LogP contribution in [0.15, 0.2) is 28.0 Å². The summed E-state index contributed by atoms with van der Waals surface area (Å²) < 4.78 is 27.3. The van der Waals surface area contributed by atoms with Gasteiger partial charge >= 0.3 is 0 Å². The number of aromatic nitrogens is 1. The Morgan fingerprint density at radius 3 is 2.38 bits per heavy atom. The molecule has 2 fully saturated rings. The second kappa shape index (κ2) is 5.93. The van der Waals surface area contributed by atoms with Crippen LogP contribution >= 0.6 is 0 Å². The van der Waals surface area contributed by atoms with Crippen LogP contribution in [0, 0.1) is 5.92 Å². The molecule has 0 aliphatic heterocycles. The second-order valence-corrected chi connectivity index (χ2v) is 8.09. The first-order valence-corrected chi connectivity index (χ1v) is 9.22. The number of nitrogens with one attached hydrogen (secondary N) is 1. The number of pyridine rings is 1. The van der Waals surface area contributed by atoms with Crippen molar-refractivity contribution in [3.05, 3.63) is 28.7 Å². The van der Waals surface area contributed by atoms with Crippen LogP contribution < -0.4 is 5.56 Å². The van der Waals surface area contributed by atoms with E-state index in [4.69, 9.17) is 0 Å². The van der Waals surface area contributed by atoms with Gasteiger partial charge in [-0.1, -0.05) is 19.3 Å². The summed E-state index contributed by atoms with van der Waals surface area (Å²) in [5.74, 6) is 0.483. The lowest BCUT2D eigenvalue weighted by molar-refractivity contribution is 0.274. The van der Waals surface area contributed by atoms with Crippen LogP contribution in [0.3, 0.4) is 0 Å². The molecule has 21 heavy (non-hydrogen) atoms. The third-order valence-corrected chi connectivity index (χ3v) is 6.39. The first kappa shape index (κ1) is 14.8. The van der Waals surface area contributed by atoms with Crippen LogP contribution in [-0.4, -0.2) is 30.3 Å². The van der Waals surface area contributed by atoms with Gasteiger partial charge in [-0.15, -0.1) is 0 Å². The zero-order valence-electron chi connectivity index (χ0n) is 12.1. The van der Waals surface area contributed by atoms with E-state index in [1.165, 1.54) is 37.6 Å². The third kappa shape index (κ3) is 3.37. The second-order valence-electron chi connectivity index (χ2n) is 6.20. The average Bonchev–Trinajstić information content (AvgIpc) is 3.31. The van der Waals surface area contributed by atoms with Crippen molar-refractivity contribution in [3.63, 3.8) is 0 Å². The highest BCUT2D eigenvalue weighted by molar-refractivity contribution is 7.89. The van der Waals surface area contributed by atoms with Gasteiger partial charge in [0.05, 0.1) is 4.90 Å². The van der Waals surface area contributed by atoms with Gasteiger partial charge in [0.15, 0.2) is 0 Å². The van der Waals surface area contributed by atoms with Crippen molar-refractivity contribution >= 4 is 10.0 Å². The molecule has 2 aliphatic rings. The summed E-state index contributed by atoms with van der Waals surface area (Å²) in [5.41, 5.74) is -0.279. The minimum absolute atomic E-state index is 0.156. The van der Waals surface area contributed by atoms with Crippen LogP contribution in [0.1, 0.15) is 44.9 Å². The van der Waals surface area contributed by atoms with E-state index in [9.17, 15) is 13.2 Å². The number of hydrogen-bond donors (Lipinski definition) is 1. The molecule has 1 heterocycles. The van der Waals surface area contributed by atoms with E-state index >= 15 is 0 Å². The average molecular weight is 310 g/mol. The summed E-state index contributed by atoms with van der Waals surface area (Å²) in [7, 11) is -3.49. The molecule has 2 saturated carbocycles. The molecule has 3 rings (SSSR count). The number of hydrogen-bond acceptors (Lipinski definition) is 3. The van der Waals surface area contributed by atoms with Crippen LogP contribution in [0.4, 0.5) is 0 Å². The monoisotopic (exact) mass is 310 g/mol. The number of H-pyrrole nitrogens is 1. The first-order chi connectivity index (χ1) is 10.1. The lowest BCUT2D eigenvalue weighted by Crippen LogP contribution is -2.38. The van der Waals surface area contributed by atoms with Crippen LogP contribution in [0.25, 0.3) is 0 Å². The molecule has 6 heteroatoms. The zero-order valence-corrected chi connectivity index (χ0v) is 12.9. The van der Waals surface area contributed by atoms with E-state index in [1.54, 1.807) is 4.31 Å². The Hall–Kier alpha value is -1.14. The molecule has 5 nitrogen and oxygen atoms in total. The Labute approximate surface area is 125 Å². The fourth-order valence-electron chi connectivity index (χ4n) is 3.12. The molecule has 0 amide bonds. The number of nitrogens with zero attached hydrogens (tertiary/aromatic N) is 1. The van der Waals surface area contributed by atoms with Gasteiger partial charge in [-0.2, -0.15) is 4.31 Å². The highest BCUT2D eigenvalue weighted by atomic mass is 32.2. The van der Waals surface area contributed by atoms with Gasteiger partial charge in [0.1, 0.15) is 0 Å². The molecule has 116 valence electrons.